The minimum Gasteiger partial charge on any atom is -0.378 e. The Morgan fingerprint density at radius 2 is 2.50 bits per heavy atom. The second-order valence-electron chi connectivity index (χ2n) is 4.92. The maximum atomic E-state index is 12.0. The molecule has 1 aliphatic rings. The lowest BCUT2D eigenvalue weighted by molar-refractivity contribution is -0.117. The van der Waals surface area contributed by atoms with Gasteiger partial charge in [0.15, 0.2) is 5.13 Å². The van der Waals surface area contributed by atoms with Crippen LogP contribution < -0.4 is 10.6 Å². The molecule has 106 valence electrons. The van der Waals surface area contributed by atoms with Crippen LogP contribution in [0.3, 0.4) is 0 Å². The van der Waals surface area contributed by atoms with Crippen molar-refractivity contribution in [3.8, 4) is 0 Å². The summed E-state index contributed by atoms with van der Waals surface area (Å²) in [7, 11) is 0. The number of benzene rings is 1. The van der Waals surface area contributed by atoms with E-state index < -0.39 is 0 Å². The number of morpholine rings is 1. The molecule has 6 heteroatoms. The molecule has 1 unspecified atom stereocenters. The highest BCUT2D eigenvalue weighted by molar-refractivity contribution is 7.22. The number of thiazole rings is 1. The molecule has 5 nitrogen and oxygen atoms in total. The van der Waals surface area contributed by atoms with E-state index in [4.69, 9.17) is 4.74 Å². The van der Waals surface area contributed by atoms with Gasteiger partial charge in [-0.25, -0.2) is 4.98 Å². The molecule has 1 aromatic heterocycles. The maximum Gasteiger partial charge on any atom is 0.227 e. The van der Waals surface area contributed by atoms with Gasteiger partial charge in [0.2, 0.25) is 5.91 Å². The molecule has 0 saturated carbocycles. The van der Waals surface area contributed by atoms with E-state index in [2.05, 4.69) is 15.6 Å². The lowest BCUT2D eigenvalue weighted by atomic mass is 10.2. The fourth-order valence-corrected chi connectivity index (χ4v) is 3.24. The summed E-state index contributed by atoms with van der Waals surface area (Å²) in [6, 6.07) is 6.15. The first kappa shape index (κ1) is 13.5. The van der Waals surface area contributed by atoms with Gasteiger partial charge in [-0.15, -0.1) is 0 Å². The molecule has 3 rings (SSSR count). The number of amides is 1. The molecule has 1 atom stereocenters. The third kappa shape index (κ3) is 2.98. The summed E-state index contributed by atoms with van der Waals surface area (Å²) in [5.41, 5.74) is 2.09. The van der Waals surface area contributed by atoms with Crippen LogP contribution in [-0.2, 0) is 9.53 Å². The van der Waals surface area contributed by atoms with E-state index in [1.807, 2.05) is 25.1 Å². The van der Waals surface area contributed by atoms with Crippen LogP contribution >= 0.6 is 11.3 Å². The second-order valence-corrected chi connectivity index (χ2v) is 5.95. The van der Waals surface area contributed by atoms with Gasteiger partial charge in [-0.05, 0) is 18.6 Å². The number of hydrogen-bond acceptors (Lipinski definition) is 5. The number of aryl methyl sites for hydroxylation is 1. The van der Waals surface area contributed by atoms with Gasteiger partial charge in [-0.3, -0.25) is 4.79 Å². The Morgan fingerprint density at radius 1 is 1.60 bits per heavy atom. The molecule has 2 heterocycles. The van der Waals surface area contributed by atoms with Gasteiger partial charge in [-0.2, -0.15) is 0 Å². The molecule has 0 spiro atoms. The molecule has 0 bridgehead atoms. The zero-order valence-electron chi connectivity index (χ0n) is 11.3. The number of carbonyl (C=O) groups excluding carboxylic acids is 1. The van der Waals surface area contributed by atoms with Crippen molar-refractivity contribution in [1.29, 1.82) is 0 Å². The molecule has 1 saturated heterocycles. The smallest absolute Gasteiger partial charge is 0.227 e. The number of nitrogens with one attached hydrogen (secondary N) is 2. The fourth-order valence-electron chi connectivity index (χ4n) is 2.28. The number of fused-ring (bicyclic) bond motifs is 1. The SMILES string of the molecule is Cc1cccc2sc(NC(=O)CC3COCCN3)nc12. The summed E-state index contributed by atoms with van der Waals surface area (Å²) >= 11 is 1.51. The van der Waals surface area contributed by atoms with E-state index in [-0.39, 0.29) is 11.9 Å². The summed E-state index contributed by atoms with van der Waals surface area (Å²) in [4.78, 5) is 16.5. The third-order valence-corrected chi connectivity index (χ3v) is 4.23. The van der Waals surface area contributed by atoms with Gasteiger partial charge in [0.1, 0.15) is 0 Å². The number of hydrogen-bond donors (Lipinski definition) is 2. The lowest BCUT2D eigenvalue weighted by Gasteiger charge is -2.22. The molecular weight excluding hydrogens is 274 g/mol. The van der Waals surface area contributed by atoms with Crippen LogP contribution in [0.1, 0.15) is 12.0 Å². The van der Waals surface area contributed by atoms with E-state index in [9.17, 15) is 4.79 Å². The van der Waals surface area contributed by atoms with Crippen LogP contribution in [0.5, 0.6) is 0 Å². The fraction of sp³-hybridized carbons (Fsp3) is 0.429. The molecule has 0 radical (unpaired) electrons. The molecule has 2 aromatic rings. The number of ether oxygens (including phenoxy) is 1. The van der Waals surface area contributed by atoms with E-state index in [0.717, 1.165) is 28.9 Å². The lowest BCUT2D eigenvalue weighted by Crippen LogP contribution is -2.43. The van der Waals surface area contributed by atoms with Crippen molar-refractivity contribution in [2.45, 2.75) is 19.4 Å². The number of carbonyl (C=O) groups is 1. The molecule has 1 amide bonds. The average Bonchev–Trinajstić information content (AvgIpc) is 2.83. The minimum absolute atomic E-state index is 0.0234. The van der Waals surface area contributed by atoms with Gasteiger partial charge in [-0.1, -0.05) is 23.5 Å². The van der Waals surface area contributed by atoms with E-state index in [1.165, 1.54) is 11.3 Å². The molecule has 0 aliphatic carbocycles. The summed E-state index contributed by atoms with van der Waals surface area (Å²) in [5.74, 6) is -0.0234. The zero-order chi connectivity index (χ0) is 13.9. The van der Waals surface area contributed by atoms with Gasteiger partial charge < -0.3 is 15.4 Å². The van der Waals surface area contributed by atoms with Crippen molar-refractivity contribution in [3.63, 3.8) is 0 Å². The number of para-hydroxylation sites is 1. The first-order valence-electron chi connectivity index (χ1n) is 6.69. The molecule has 1 aromatic carbocycles. The second kappa shape index (κ2) is 5.87. The van der Waals surface area contributed by atoms with E-state index in [1.54, 1.807) is 0 Å². The predicted octanol–water partition coefficient (Wildman–Crippen LogP) is 1.92. The van der Waals surface area contributed by atoms with Crippen LogP contribution in [0.15, 0.2) is 18.2 Å². The average molecular weight is 291 g/mol. The highest BCUT2D eigenvalue weighted by Crippen LogP contribution is 2.27. The monoisotopic (exact) mass is 291 g/mol. The van der Waals surface area contributed by atoms with Crippen molar-refractivity contribution in [2.75, 3.05) is 25.1 Å². The summed E-state index contributed by atoms with van der Waals surface area (Å²) in [6.07, 6.45) is 0.412. The van der Waals surface area contributed by atoms with Gasteiger partial charge in [0.25, 0.3) is 0 Å². The van der Waals surface area contributed by atoms with Crippen LogP contribution in [0.25, 0.3) is 10.2 Å². The Kier molecular flexibility index (Phi) is 3.95. The van der Waals surface area contributed by atoms with Crippen molar-refractivity contribution in [2.24, 2.45) is 0 Å². The highest BCUT2D eigenvalue weighted by atomic mass is 32.1. The zero-order valence-corrected chi connectivity index (χ0v) is 12.1. The number of nitrogens with zero attached hydrogens (tertiary/aromatic N) is 1. The Morgan fingerprint density at radius 3 is 3.25 bits per heavy atom. The standard InChI is InChI=1S/C14H17N3O2S/c1-9-3-2-4-11-13(9)17-14(20-11)16-12(18)7-10-8-19-6-5-15-10/h2-4,10,15H,5-8H2,1H3,(H,16,17,18). The van der Waals surface area contributed by atoms with Gasteiger partial charge in [0.05, 0.1) is 23.4 Å². The normalized spacial score (nSPS) is 19.1. The van der Waals surface area contributed by atoms with Crippen molar-refractivity contribution in [1.82, 2.24) is 10.3 Å². The highest BCUT2D eigenvalue weighted by Gasteiger charge is 2.17. The van der Waals surface area contributed by atoms with Crippen molar-refractivity contribution < 1.29 is 9.53 Å². The number of anilines is 1. The van der Waals surface area contributed by atoms with Gasteiger partial charge in [0, 0.05) is 19.0 Å². The Hall–Kier alpha value is -1.50. The first-order chi connectivity index (χ1) is 9.72. The van der Waals surface area contributed by atoms with Crippen LogP contribution in [0.4, 0.5) is 5.13 Å². The van der Waals surface area contributed by atoms with Crippen LogP contribution in [0, 0.1) is 6.92 Å². The third-order valence-electron chi connectivity index (χ3n) is 3.30. The predicted molar refractivity (Wildman–Crippen MR) is 80.2 cm³/mol. The molecule has 20 heavy (non-hydrogen) atoms. The maximum absolute atomic E-state index is 12.0. The van der Waals surface area contributed by atoms with Gasteiger partial charge >= 0.3 is 0 Å². The summed E-state index contributed by atoms with van der Waals surface area (Å²) in [6.45, 7) is 4.14. The first-order valence-corrected chi connectivity index (χ1v) is 7.51. The molecule has 2 N–H and O–H groups in total. The van der Waals surface area contributed by atoms with Crippen LogP contribution in [-0.4, -0.2) is 36.7 Å². The molecule has 1 fully saturated rings. The van der Waals surface area contributed by atoms with Crippen molar-refractivity contribution in [3.05, 3.63) is 23.8 Å². The molecule has 1 aliphatic heterocycles. The van der Waals surface area contributed by atoms with E-state index in [0.29, 0.717) is 18.2 Å². The number of aromatic nitrogens is 1. The summed E-state index contributed by atoms with van der Waals surface area (Å²) in [5, 5.41) is 6.81. The Bertz CT molecular complexity index is 620. The van der Waals surface area contributed by atoms with Crippen LogP contribution in [0.2, 0.25) is 0 Å². The molecular formula is C14H17N3O2S. The Balaban J connectivity index is 1.66. The quantitative estimate of drug-likeness (QED) is 0.907. The Labute approximate surface area is 121 Å². The summed E-state index contributed by atoms with van der Waals surface area (Å²) < 4.78 is 6.44. The number of rotatable bonds is 3. The largest absolute Gasteiger partial charge is 0.378 e. The van der Waals surface area contributed by atoms with Crippen molar-refractivity contribution >= 4 is 32.6 Å². The topological polar surface area (TPSA) is 63.2 Å². The van der Waals surface area contributed by atoms with E-state index >= 15 is 0 Å². The minimum atomic E-state index is -0.0234.